The van der Waals surface area contributed by atoms with Gasteiger partial charge in [0.25, 0.3) is 0 Å². The van der Waals surface area contributed by atoms with Crippen molar-refractivity contribution in [3.05, 3.63) is 53.6 Å². The zero-order valence-corrected chi connectivity index (χ0v) is 16.6. The van der Waals surface area contributed by atoms with Gasteiger partial charge in [0, 0.05) is 31.1 Å². The Bertz CT molecular complexity index is 1020. The van der Waals surface area contributed by atoms with Gasteiger partial charge in [-0.05, 0) is 30.7 Å². The van der Waals surface area contributed by atoms with Crippen LogP contribution in [0.5, 0.6) is 5.75 Å². The first-order valence-electron chi connectivity index (χ1n) is 8.66. The highest BCUT2D eigenvalue weighted by molar-refractivity contribution is 7.99. The van der Waals surface area contributed by atoms with Crippen LogP contribution in [0.3, 0.4) is 0 Å². The highest BCUT2D eigenvalue weighted by atomic mass is 32.2. The molecule has 0 fully saturated rings. The van der Waals surface area contributed by atoms with Crippen molar-refractivity contribution in [2.75, 3.05) is 31.9 Å². The molecular formula is C20H21N5OS. The molecule has 1 aromatic heterocycles. The van der Waals surface area contributed by atoms with E-state index in [1.165, 1.54) is 11.3 Å². The molecule has 1 aliphatic rings. The second kappa shape index (κ2) is 7.08. The maximum atomic E-state index is 5.48. The van der Waals surface area contributed by atoms with Gasteiger partial charge in [-0.2, -0.15) is 9.78 Å². The van der Waals surface area contributed by atoms with Crippen molar-refractivity contribution in [2.24, 2.45) is 5.10 Å². The van der Waals surface area contributed by atoms with Crippen LogP contribution in [0.2, 0.25) is 0 Å². The lowest BCUT2D eigenvalue weighted by molar-refractivity contribution is 0.416. The van der Waals surface area contributed by atoms with E-state index in [2.05, 4.69) is 54.3 Å². The molecule has 4 rings (SSSR count). The Hall–Kier alpha value is -2.80. The number of hydrogen-bond acceptors (Lipinski definition) is 6. The second-order valence-corrected chi connectivity index (χ2v) is 7.49. The number of benzene rings is 2. The smallest absolute Gasteiger partial charge is 0.212 e. The van der Waals surface area contributed by atoms with Crippen molar-refractivity contribution in [3.8, 4) is 17.1 Å². The van der Waals surface area contributed by atoms with E-state index in [1.54, 1.807) is 18.9 Å². The summed E-state index contributed by atoms with van der Waals surface area (Å²) in [6.07, 6.45) is 0. The molecule has 1 aliphatic heterocycles. The summed E-state index contributed by atoms with van der Waals surface area (Å²) >= 11 is 1.64. The lowest BCUT2D eigenvalue weighted by Gasteiger charge is -2.19. The molecule has 2 aromatic carbocycles. The SMILES string of the molecule is COc1ccccc1-c1nnc2n1N=C(c1ccc(C)c(N(C)C)c1)CS2. The third-order valence-electron chi connectivity index (χ3n) is 4.54. The Labute approximate surface area is 162 Å². The molecule has 0 amide bonds. The Morgan fingerprint density at radius 1 is 1.11 bits per heavy atom. The van der Waals surface area contributed by atoms with E-state index in [1.807, 2.05) is 28.9 Å². The van der Waals surface area contributed by atoms with Gasteiger partial charge in [0.15, 0.2) is 5.82 Å². The molecule has 3 aromatic rings. The molecule has 6 nitrogen and oxygen atoms in total. The number of hydrogen-bond donors (Lipinski definition) is 0. The van der Waals surface area contributed by atoms with Crippen LogP contribution in [0.15, 0.2) is 52.7 Å². The summed E-state index contributed by atoms with van der Waals surface area (Å²) in [5.74, 6) is 2.21. The first kappa shape index (κ1) is 17.6. The van der Waals surface area contributed by atoms with Gasteiger partial charge in [0.1, 0.15) is 5.75 Å². The number of rotatable bonds is 4. The van der Waals surface area contributed by atoms with Crippen molar-refractivity contribution in [1.82, 2.24) is 14.9 Å². The number of nitrogens with zero attached hydrogens (tertiary/aromatic N) is 5. The summed E-state index contributed by atoms with van der Waals surface area (Å²) in [5, 5.41) is 14.3. The van der Waals surface area contributed by atoms with Gasteiger partial charge < -0.3 is 9.64 Å². The normalized spacial score (nSPS) is 13.1. The van der Waals surface area contributed by atoms with Gasteiger partial charge in [-0.3, -0.25) is 0 Å². The van der Waals surface area contributed by atoms with Crippen molar-refractivity contribution in [1.29, 1.82) is 0 Å². The van der Waals surface area contributed by atoms with Crippen LogP contribution in [0.1, 0.15) is 11.1 Å². The van der Waals surface area contributed by atoms with E-state index in [0.29, 0.717) is 5.82 Å². The number of aryl methyl sites for hydroxylation is 1. The maximum Gasteiger partial charge on any atom is 0.212 e. The molecule has 0 spiro atoms. The molecule has 0 atom stereocenters. The Morgan fingerprint density at radius 2 is 1.93 bits per heavy atom. The predicted molar refractivity (Wildman–Crippen MR) is 110 cm³/mol. The van der Waals surface area contributed by atoms with E-state index >= 15 is 0 Å². The average Bonchev–Trinajstić information content (AvgIpc) is 3.11. The third-order valence-corrected chi connectivity index (χ3v) is 5.47. The molecule has 0 saturated carbocycles. The molecule has 0 N–H and O–H groups in total. The van der Waals surface area contributed by atoms with Crippen molar-refractivity contribution < 1.29 is 4.74 Å². The minimum Gasteiger partial charge on any atom is -0.496 e. The van der Waals surface area contributed by atoms with Gasteiger partial charge in [-0.1, -0.05) is 36.0 Å². The molecule has 0 saturated heterocycles. The lowest BCUT2D eigenvalue weighted by Crippen LogP contribution is -2.16. The topological polar surface area (TPSA) is 55.5 Å². The van der Waals surface area contributed by atoms with Crippen LogP contribution in [0.25, 0.3) is 11.4 Å². The molecule has 0 bridgehead atoms. The van der Waals surface area contributed by atoms with Crippen LogP contribution in [-0.4, -0.2) is 47.5 Å². The summed E-state index contributed by atoms with van der Waals surface area (Å²) in [6.45, 7) is 2.12. The fourth-order valence-corrected chi connectivity index (χ4v) is 3.98. The van der Waals surface area contributed by atoms with Crippen LogP contribution in [0.4, 0.5) is 5.69 Å². The number of thioether (sulfide) groups is 1. The molecule has 0 radical (unpaired) electrons. The number of fused-ring (bicyclic) bond motifs is 1. The van der Waals surface area contributed by atoms with Gasteiger partial charge in [0.05, 0.1) is 18.4 Å². The highest BCUT2D eigenvalue weighted by Crippen LogP contribution is 2.33. The number of ether oxygens (including phenoxy) is 1. The van der Waals surface area contributed by atoms with Gasteiger partial charge in [-0.25, -0.2) is 0 Å². The standard InChI is InChI=1S/C20H21N5OS/c1-13-9-10-14(11-17(13)24(2)3)16-12-27-20-22-21-19(25(20)23-16)15-7-5-6-8-18(15)26-4/h5-11H,12H2,1-4H3. The molecule has 138 valence electrons. The molecule has 0 aliphatic carbocycles. The summed E-state index contributed by atoms with van der Waals surface area (Å²) in [5.41, 5.74) is 5.43. The maximum absolute atomic E-state index is 5.48. The lowest BCUT2D eigenvalue weighted by atomic mass is 10.1. The third kappa shape index (κ3) is 3.19. The van der Waals surface area contributed by atoms with Gasteiger partial charge >= 0.3 is 0 Å². The minimum atomic E-state index is 0.687. The van der Waals surface area contributed by atoms with E-state index in [9.17, 15) is 0 Å². The Balaban J connectivity index is 1.80. The zero-order chi connectivity index (χ0) is 19.0. The minimum absolute atomic E-state index is 0.687. The summed E-state index contributed by atoms with van der Waals surface area (Å²) in [6, 6.07) is 14.2. The molecule has 27 heavy (non-hydrogen) atoms. The number of methoxy groups -OCH3 is 1. The Kier molecular flexibility index (Phi) is 4.61. The van der Waals surface area contributed by atoms with E-state index < -0.39 is 0 Å². The van der Waals surface area contributed by atoms with Crippen molar-refractivity contribution >= 4 is 23.2 Å². The number of para-hydroxylation sites is 1. The van der Waals surface area contributed by atoms with Crippen LogP contribution < -0.4 is 9.64 Å². The van der Waals surface area contributed by atoms with E-state index in [-0.39, 0.29) is 0 Å². The number of aromatic nitrogens is 3. The number of anilines is 1. The van der Waals surface area contributed by atoms with Crippen LogP contribution in [-0.2, 0) is 0 Å². The van der Waals surface area contributed by atoms with E-state index in [4.69, 9.17) is 9.84 Å². The van der Waals surface area contributed by atoms with Crippen LogP contribution >= 0.6 is 11.8 Å². The van der Waals surface area contributed by atoms with Gasteiger partial charge in [0.2, 0.25) is 5.16 Å². The monoisotopic (exact) mass is 379 g/mol. The van der Waals surface area contributed by atoms with Crippen LogP contribution in [0, 0.1) is 6.92 Å². The first-order valence-corrected chi connectivity index (χ1v) is 9.65. The average molecular weight is 379 g/mol. The fraction of sp³-hybridized carbons (Fsp3) is 0.250. The highest BCUT2D eigenvalue weighted by Gasteiger charge is 2.22. The Morgan fingerprint density at radius 3 is 2.70 bits per heavy atom. The summed E-state index contributed by atoms with van der Waals surface area (Å²) in [4.78, 5) is 2.12. The van der Waals surface area contributed by atoms with Crippen molar-refractivity contribution in [3.63, 3.8) is 0 Å². The quantitative estimate of drug-likeness (QED) is 0.692. The van der Waals surface area contributed by atoms with E-state index in [0.717, 1.165) is 33.5 Å². The zero-order valence-electron chi connectivity index (χ0n) is 15.8. The largest absolute Gasteiger partial charge is 0.496 e. The molecule has 0 unspecified atom stereocenters. The van der Waals surface area contributed by atoms with Gasteiger partial charge in [-0.15, -0.1) is 10.2 Å². The fourth-order valence-electron chi connectivity index (χ4n) is 3.14. The molecule has 2 heterocycles. The molecular weight excluding hydrogens is 358 g/mol. The van der Waals surface area contributed by atoms with Crippen molar-refractivity contribution in [2.45, 2.75) is 12.1 Å². The first-order chi connectivity index (χ1) is 13.1. The molecule has 7 heteroatoms. The summed E-state index contributed by atoms with van der Waals surface area (Å²) in [7, 11) is 5.77. The predicted octanol–water partition coefficient (Wildman–Crippen LogP) is 3.69. The second-order valence-electron chi connectivity index (χ2n) is 6.55. The summed E-state index contributed by atoms with van der Waals surface area (Å²) < 4.78 is 7.30.